The molecule has 1 aliphatic rings. The number of nitrogens with one attached hydrogen (secondary N) is 1. The Hall–Kier alpha value is -1.01. The molecule has 1 heterocycles. The molecule has 0 bridgehead atoms. The zero-order chi connectivity index (χ0) is 11.4. The molecular weight excluding hydrogens is 206 g/mol. The van der Waals surface area contributed by atoms with Crippen LogP contribution in [0.15, 0.2) is 0 Å². The Morgan fingerprint density at radius 1 is 1.44 bits per heavy atom. The summed E-state index contributed by atoms with van der Waals surface area (Å²) in [6.07, 6.45) is 2.45. The van der Waals surface area contributed by atoms with Gasteiger partial charge in [-0.2, -0.15) is 0 Å². The Labute approximate surface area is 95.4 Å². The van der Waals surface area contributed by atoms with E-state index in [1.165, 1.54) is 0 Å². The number of nitrogens with zero attached hydrogens (tertiary/aromatic N) is 4. The highest BCUT2D eigenvalue weighted by atomic mass is 16.5. The van der Waals surface area contributed by atoms with Crippen molar-refractivity contribution in [2.24, 2.45) is 0 Å². The molecule has 6 heteroatoms. The zero-order valence-electron chi connectivity index (χ0n) is 9.89. The molecule has 0 aliphatic heterocycles. The highest BCUT2D eigenvalue weighted by Crippen LogP contribution is 2.34. The molecule has 2 rings (SSSR count). The van der Waals surface area contributed by atoms with Crippen LogP contribution in [0.4, 0.5) is 0 Å². The van der Waals surface area contributed by atoms with Crippen LogP contribution in [-0.2, 0) is 11.3 Å². The van der Waals surface area contributed by atoms with Gasteiger partial charge in [-0.05, 0) is 36.7 Å². The van der Waals surface area contributed by atoms with Crippen molar-refractivity contribution < 1.29 is 4.74 Å². The molecule has 0 aromatic carbocycles. The van der Waals surface area contributed by atoms with E-state index < -0.39 is 0 Å². The molecule has 0 spiro atoms. The van der Waals surface area contributed by atoms with E-state index in [9.17, 15) is 0 Å². The summed E-state index contributed by atoms with van der Waals surface area (Å²) in [5, 5.41) is 15.0. The van der Waals surface area contributed by atoms with E-state index in [-0.39, 0.29) is 0 Å². The quantitative estimate of drug-likeness (QED) is 0.764. The second-order valence-electron chi connectivity index (χ2n) is 4.02. The molecule has 6 nitrogen and oxygen atoms in total. The summed E-state index contributed by atoms with van der Waals surface area (Å²) in [5.41, 5.74) is 0. The summed E-state index contributed by atoms with van der Waals surface area (Å²) < 4.78 is 7.46. The average molecular weight is 225 g/mol. The third kappa shape index (κ3) is 2.38. The van der Waals surface area contributed by atoms with Gasteiger partial charge in [0.2, 0.25) is 0 Å². The van der Waals surface area contributed by atoms with Gasteiger partial charge in [-0.3, -0.25) is 0 Å². The second kappa shape index (κ2) is 5.36. The smallest absolute Gasteiger partial charge is 0.165 e. The maximum absolute atomic E-state index is 5.53. The van der Waals surface area contributed by atoms with Crippen molar-refractivity contribution >= 4 is 0 Å². The summed E-state index contributed by atoms with van der Waals surface area (Å²) in [5.74, 6) is 0.918. The van der Waals surface area contributed by atoms with Crippen LogP contribution in [-0.4, -0.2) is 39.5 Å². The molecule has 1 aliphatic carbocycles. The van der Waals surface area contributed by atoms with Gasteiger partial charge in [0.1, 0.15) is 0 Å². The highest BCUT2D eigenvalue weighted by Gasteiger charge is 2.33. The maximum Gasteiger partial charge on any atom is 0.165 e. The summed E-state index contributed by atoms with van der Waals surface area (Å²) in [7, 11) is 0. The first-order valence-corrected chi connectivity index (χ1v) is 5.94. The second-order valence-corrected chi connectivity index (χ2v) is 4.02. The minimum Gasteiger partial charge on any atom is -0.378 e. The lowest BCUT2D eigenvalue weighted by atomic mass is 9.89. The Morgan fingerprint density at radius 3 is 2.94 bits per heavy atom. The number of aromatic nitrogens is 4. The lowest BCUT2D eigenvalue weighted by Crippen LogP contribution is -2.35. The van der Waals surface area contributed by atoms with Crippen molar-refractivity contribution in [3.8, 4) is 0 Å². The fourth-order valence-corrected chi connectivity index (χ4v) is 1.96. The number of rotatable bonds is 6. The SMILES string of the molecule is CCNCc1nnnn1C1CC(OCC)C1. The monoisotopic (exact) mass is 225 g/mol. The summed E-state index contributed by atoms with van der Waals surface area (Å²) in [4.78, 5) is 0. The predicted octanol–water partition coefficient (Wildman–Crippen LogP) is 0.523. The van der Waals surface area contributed by atoms with E-state index in [4.69, 9.17) is 4.74 Å². The lowest BCUT2D eigenvalue weighted by Gasteiger charge is -2.34. The number of ether oxygens (including phenoxy) is 1. The van der Waals surface area contributed by atoms with Gasteiger partial charge in [-0.15, -0.1) is 5.10 Å². The van der Waals surface area contributed by atoms with Crippen molar-refractivity contribution in [2.45, 2.75) is 45.4 Å². The van der Waals surface area contributed by atoms with Gasteiger partial charge in [0.25, 0.3) is 0 Å². The van der Waals surface area contributed by atoms with Crippen molar-refractivity contribution in [1.29, 1.82) is 0 Å². The Bertz CT molecular complexity index is 321. The fraction of sp³-hybridized carbons (Fsp3) is 0.900. The molecular formula is C10H19N5O. The first-order valence-electron chi connectivity index (χ1n) is 5.94. The molecule has 1 fully saturated rings. The van der Waals surface area contributed by atoms with Gasteiger partial charge in [0.05, 0.1) is 18.7 Å². The van der Waals surface area contributed by atoms with Gasteiger partial charge >= 0.3 is 0 Å². The zero-order valence-corrected chi connectivity index (χ0v) is 9.89. The molecule has 1 N–H and O–H groups in total. The van der Waals surface area contributed by atoms with Crippen LogP contribution in [0.25, 0.3) is 0 Å². The maximum atomic E-state index is 5.53. The van der Waals surface area contributed by atoms with Crippen molar-refractivity contribution in [3.05, 3.63) is 5.82 Å². The third-order valence-corrected chi connectivity index (χ3v) is 2.91. The van der Waals surface area contributed by atoms with Crippen molar-refractivity contribution in [2.75, 3.05) is 13.2 Å². The van der Waals surface area contributed by atoms with Crippen LogP contribution in [0, 0.1) is 0 Å². The molecule has 1 aromatic heterocycles. The first-order chi connectivity index (χ1) is 7.85. The molecule has 0 unspecified atom stereocenters. The van der Waals surface area contributed by atoms with Crippen LogP contribution < -0.4 is 5.32 Å². The van der Waals surface area contributed by atoms with E-state index in [0.717, 1.165) is 38.4 Å². The van der Waals surface area contributed by atoms with Crippen LogP contribution in [0.2, 0.25) is 0 Å². The molecule has 90 valence electrons. The van der Waals surface area contributed by atoms with Crippen LogP contribution in [0.1, 0.15) is 38.6 Å². The summed E-state index contributed by atoms with van der Waals surface area (Å²) in [6.45, 7) is 6.55. The van der Waals surface area contributed by atoms with Crippen molar-refractivity contribution in [1.82, 2.24) is 25.5 Å². The average Bonchev–Trinajstić information content (AvgIpc) is 2.67. The van der Waals surface area contributed by atoms with Crippen LogP contribution >= 0.6 is 0 Å². The van der Waals surface area contributed by atoms with E-state index in [1.807, 2.05) is 11.6 Å². The van der Waals surface area contributed by atoms with Gasteiger partial charge in [0, 0.05) is 6.61 Å². The lowest BCUT2D eigenvalue weighted by molar-refractivity contribution is -0.0239. The Balaban J connectivity index is 1.88. The Kier molecular flexibility index (Phi) is 3.84. The largest absolute Gasteiger partial charge is 0.378 e. The molecule has 0 saturated heterocycles. The van der Waals surface area contributed by atoms with E-state index in [0.29, 0.717) is 12.1 Å². The molecule has 0 radical (unpaired) electrons. The van der Waals surface area contributed by atoms with Gasteiger partial charge < -0.3 is 10.1 Å². The molecule has 1 aromatic rings. The Morgan fingerprint density at radius 2 is 2.25 bits per heavy atom. The number of tetrazole rings is 1. The molecule has 1 saturated carbocycles. The van der Waals surface area contributed by atoms with E-state index in [1.54, 1.807) is 0 Å². The fourth-order valence-electron chi connectivity index (χ4n) is 1.96. The topological polar surface area (TPSA) is 64.9 Å². The first kappa shape index (κ1) is 11.5. The van der Waals surface area contributed by atoms with Gasteiger partial charge in [-0.1, -0.05) is 6.92 Å². The van der Waals surface area contributed by atoms with Gasteiger partial charge in [0.15, 0.2) is 5.82 Å². The number of hydrogen-bond donors (Lipinski definition) is 1. The van der Waals surface area contributed by atoms with Crippen LogP contribution in [0.5, 0.6) is 0 Å². The van der Waals surface area contributed by atoms with E-state index in [2.05, 4.69) is 27.8 Å². The highest BCUT2D eigenvalue weighted by molar-refractivity contribution is 4.91. The van der Waals surface area contributed by atoms with Gasteiger partial charge in [-0.25, -0.2) is 4.68 Å². The van der Waals surface area contributed by atoms with E-state index >= 15 is 0 Å². The predicted molar refractivity (Wildman–Crippen MR) is 58.9 cm³/mol. The standard InChI is InChI=1S/C10H19N5O/c1-3-11-7-10-12-13-14-15(10)8-5-9(6-8)16-4-2/h8-9,11H,3-7H2,1-2H3. The molecule has 16 heavy (non-hydrogen) atoms. The minimum absolute atomic E-state index is 0.395. The molecule has 0 atom stereocenters. The van der Waals surface area contributed by atoms with Crippen LogP contribution in [0.3, 0.4) is 0 Å². The number of hydrogen-bond acceptors (Lipinski definition) is 5. The normalized spacial score (nSPS) is 24.4. The summed E-state index contributed by atoms with van der Waals surface area (Å²) in [6, 6.07) is 0.417. The minimum atomic E-state index is 0.395. The molecule has 0 amide bonds. The van der Waals surface area contributed by atoms with Crippen molar-refractivity contribution in [3.63, 3.8) is 0 Å². The summed E-state index contributed by atoms with van der Waals surface area (Å²) >= 11 is 0. The third-order valence-electron chi connectivity index (χ3n) is 2.91.